The predicted molar refractivity (Wildman–Crippen MR) is 93.0 cm³/mol. The molecule has 2 heterocycles. The van der Waals surface area contributed by atoms with Gasteiger partial charge in [-0.1, -0.05) is 13.8 Å². The number of benzene rings is 1. The first-order valence-corrected chi connectivity index (χ1v) is 9.07. The van der Waals surface area contributed by atoms with Crippen molar-refractivity contribution < 1.29 is 4.74 Å². The van der Waals surface area contributed by atoms with Gasteiger partial charge in [0.1, 0.15) is 11.9 Å². The average molecular weight is 320 g/mol. The van der Waals surface area contributed by atoms with Crippen LogP contribution in [0, 0.1) is 6.92 Å². The Balaban J connectivity index is 2.01. The largest absolute Gasteiger partial charge is 0.488 e. The molecule has 0 bridgehead atoms. The van der Waals surface area contributed by atoms with E-state index in [9.17, 15) is 0 Å². The number of nitrogens with one attached hydrogen (secondary N) is 1. The number of aryl methyl sites for hydroxylation is 1. The first kappa shape index (κ1) is 14.8. The van der Waals surface area contributed by atoms with Crippen molar-refractivity contribution in [3.05, 3.63) is 22.5 Å². The minimum atomic E-state index is 0.208. The van der Waals surface area contributed by atoms with Gasteiger partial charge in [-0.3, -0.25) is 0 Å². The highest BCUT2D eigenvalue weighted by atomic mass is 32.1. The molecule has 0 aliphatic heterocycles. The van der Waals surface area contributed by atoms with Crippen LogP contribution >= 0.6 is 22.7 Å². The van der Waals surface area contributed by atoms with Crippen molar-refractivity contribution in [1.82, 2.24) is 10.3 Å². The van der Waals surface area contributed by atoms with Gasteiger partial charge in [0.2, 0.25) is 0 Å². The lowest BCUT2D eigenvalue weighted by Gasteiger charge is -2.18. The number of thiazole rings is 1. The Labute approximate surface area is 133 Å². The first-order valence-electron chi connectivity index (χ1n) is 7.37. The fourth-order valence-corrected chi connectivity index (χ4v) is 4.27. The number of ether oxygens (including phenoxy) is 1. The highest BCUT2D eigenvalue weighted by Gasteiger charge is 2.15. The lowest BCUT2D eigenvalue weighted by atomic mass is 10.2. The van der Waals surface area contributed by atoms with Crippen LogP contribution in [0.3, 0.4) is 0 Å². The van der Waals surface area contributed by atoms with Crippen LogP contribution in [0.1, 0.15) is 25.3 Å². The molecule has 3 aromatic rings. The molecule has 1 aromatic carbocycles. The van der Waals surface area contributed by atoms with E-state index in [0.717, 1.165) is 35.8 Å². The average Bonchev–Trinajstić information content (AvgIpc) is 3.08. The summed E-state index contributed by atoms with van der Waals surface area (Å²) in [4.78, 5) is 4.66. The number of nitrogens with zero attached hydrogens (tertiary/aromatic N) is 1. The van der Waals surface area contributed by atoms with Crippen LogP contribution in [0.25, 0.3) is 20.3 Å². The van der Waals surface area contributed by atoms with Crippen molar-refractivity contribution >= 4 is 43.0 Å². The Morgan fingerprint density at radius 3 is 3.00 bits per heavy atom. The topological polar surface area (TPSA) is 34.1 Å². The molecule has 112 valence electrons. The Hall–Kier alpha value is -1.17. The number of rotatable bonds is 6. The van der Waals surface area contributed by atoms with Gasteiger partial charge in [-0.15, -0.1) is 22.7 Å². The van der Waals surface area contributed by atoms with Crippen LogP contribution in [-0.4, -0.2) is 24.2 Å². The molecule has 1 unspecified atom stereocenters. The summed E-state index contributed by atoms with van der Waals surface area (Å²) in [6.45, 7) is 8.21. The summed E-state index contributed by atoms with van der Waals surface area (Å²) < 4.78 is 8.74. The van der Waals surface area contributed by atoms with Crippen molar-refractivity contribution in [3.63, 3.8) is 0 Å². The van der Waals surface area contributed by atoms with E-state index in [-0.39, 0.29) is 6.10 Å². The molecule has 1 N–H and O–H groups in total. The van der Waals surface area contributed by atoms with Crippen LogP contribution in [0.4, 0.5) is 0 Å². The molecule has 0 amide bonds. The number of thiophene rings is 1. The van der Waals surface area contributed by atoms with E-state index < -0.39 is 0 Å². The van der Waals surface area contributed by atoms with Crippen LogP contribution in [0.15, 0.2) is 17.5 Å². The van der Waals surface area contributed by atoms with E-state index in [1.165, 1.54) is 14.8 Å². The second kappa shape index (κ2) is 6.30. The molecule has 2 aromatic heterocycles. The van der Waals surface area contributed by atoms with Gasteiger partial charge in [0, 0.05) is 18.0 Å². The molecule has 1 atom stereocenters. The third-order valence-corrected chi connectivity index (χ3v) is 5.38. The summed E-state index contributed by atoms with van der Waals surface area (Å²) in [6.07, 6.45) is 1.21. The molecular formula is C16H20N2OS2. The van der Waals surface area contributed by atoms with Crippen molar-refractivity contribution in [2.75, 3.05) is 13.1 Å². The number of aromatic nitrogens is 1. The molecule has 0 fully saturated rings. The third kappa shape index (κ3) is 2.91. The van der Waals surface area contributed by atoms with E-state index >= 15 is 0 Å². The maximum absolute atomic E-state index is 6.28. The normalized spacial score (nSPS) is 13.1. The summed E-state index contributed by atoms with van der Waals surface area (Å²) in [6, 6.07) is 4.30. The molecule has 21 heavy (non-hydrogen) atoms. The molecule has 0 saturated heterocycles. The highest BCUT2D eigenvalue weighted by Crippen LogP contribution is 2.39. The summed E-state index contributed by atoms with van der Waals surface area (Å²) in [5.41, 5.74) is 1.12. The highest BCUT2D eigenvalue weighted by molar-refractivity contribution is 7.21. The maximum atomic E-state index is 6.28. The smallest absolute Gasteiger partial charge is 0.130 e. The summed E-state index contributed by atoms with van der Waals surface area (Å²) in [5.74, 6) is 0.993. The molecule has 0 saturated carbocycles. The Morgan fingerprint density at radius 1 is 1.38 bits per heavy atom. The lowest BCUT2D eigenvalue weighted by molar-refractivity contribution is 0.197. The Kier molecular flexibility index (Phi) is 4.42. The molecule has 5 heteroatoms. The third-order valence-electron chi connectivity index (χ3n) is 3.54. The maximum Gasteiger partial charge on any atom is 0.130 e. The van der Waals surface area contributed by atoms with Crippen molar-refractivity contribution in [1.29, 1.82) is 0 Å². The van der Waals surface area contributed by atoms with Crippen molar-refractivity contribution in [3.8, 4) is 5.75 Å². The summed E-state index contributed by atoms with van der Waals surface area (Å²) in [7, 11) is 0. The SMILES string of the molecule is CCNCC(CC)Oc1cc2sc(C)nc2c2sccc12. The van der Waals surface area contributed by atoms with E-state index in [1.54, 1.807) is 22.7 Å². The van der Waals surface area contributed by atoms with E-state index in [1.807, 2.05) is 0 Å². The van der Waals surface area contributed by atoms with Gasteiger partial charge in [0.05, 0.1) is 19.9 Å². The lowest BCUT2D eigenvalue weighted by Crippen LogP contribution is -2.30. The van der Waals surface area contributed by atoms with Crippen LogP contribution in [0.5, 0.6) is 5.75 Å². The standard InChI is InChI=1S/C16H20N2OS2/c1-4-11(9-17-5-2)19-13-8-14-15(18-10(3)21-14)16-12(13)6-7-20-16/h6-8,11,17H,4-5,9H2,1-3H3. The van der Waals surface area contributed by atoms with Gasteiger partial charge in [-0.2, -0.15) is 0 Å². The first-order chi connectivity index (χ1) is 10.2. The monoisotopic (exact) mass is 320 g/mol. The van der Waals surface area contributed by atoms with Crippen LogP contribution < -0.4 is 10.1 Å². The molecule has 0 aliphatic carbocycles. The quantitative estimate of drug-likeness (QED) is 0.721. The van der Waals surface area contributed by atoms with E-state index in [0.29, 0.717) is 0 Å². The zero-order valence-electron chi connectivity index (χ0n) is 12.6. The van der Waals surface area contributed by atoms with Gasteiger partial charge < -0.3 is 10.1 Å². The van der Waals surface area contributed by atoms with Gasteiger partial charge in [0.15, 0.2) is 0 Å². The molecule has 0 aliphatic rings. The van der Waals surface area contributed by atoms with E-state index in [2.05, 4.69) is 48.6 Å². The fraction of sp³-hybridized carbons (Fsp3) is 0.438. The fourth-order valence-electron chi connectivity index (χ4n) is 2.44. The van der Waals surface area contributed by atoms with E-state index in [4.69, 9.17) is 4.74 Å². The number of hydrogen-bond donors (Lipinski definition) is 1. The second-order valence-electron chi connectivity index (χ2n) is 5.07. The number of likely N-dealkylation sites (N-methyl/N-ethyl adjacent to an activating group) is 1. The van der Waals surface area contributed by atoms with Gasteiger partial charge in [-0.05, 0) is 31.3 Å². The minimum Gasteiger partial charge on any atom is -0.488 e. The van der Waals surface area contributed by atoms with Crippen LogP contribution in [-0.2, 0) is 0 Å². The zero-order chi connectivity index (χ0) is 14.8. The van der Waals surface area contributed by atoms with Crippen molar-refractivity contribution in [2.45, 2.75) is 33.3 Å². The molecular weight excluding hydrogens is 300 g/mol. The summed E-state index contributed by atoms with van der Waals surface area (Å²) >= 11 is 3.48. The minimum absolute atomic E-state index is 0.208. The predicted octanol–water partition coefficient (Wildman–Crippen LogP) is 4.59. The Morgan fingerprint density at radius 2 is 2.24 bits per heavy atom. The zero-order valence-corrected chi connectivity index (χ0v) is 14.2. The molecule has 0 radical (unpaired) electrons. The molecule has 3 rings (SSSR count). The molecule has 0 spiro atoms. The van der Waals surface area contributed by atoms with Crippen LogP contribution in [0.2, 0.25) is 0 Å². The Bertz CT molecular complexity index is 747. The number of hydrogen-bond acceptors (Lipinski definition) is 5. The van der Waals surface area contributed by atoms with Crippen molar-refractivity contribution in [2.24, 2.45) is 0 Å². The van der Waals surface area contributed by atoms with Gasteiger partial charge in [-0.25, -0.2) is 4.98 Å². The van der Waals surface area contributed by atoms with Gasteiger partial charge in [0.25, 0.3) is 0 Å². The summed E-state index contributed by atoms with van der Waals surface area (Å²) in [5, 5.41) is 7.79. The van der Waals surface area contributed by atoms with Gasteiger partial charge >= 0.3 is 0 Å². The second-order valence-corrected chi connectivity index (χ2v) is 7.22. The number of fused-ring (bicyclic) bond motifs is 3. The molecule has 3 nitrogen and oxygen atoms in total.